The van der Waals surface area contributed by atoms with Crippen LogP contribution in [0.5, 0.6) is 0 Å². The van der Waals surface area contributed by atoms with Gasteiger partial charge in [-0.3, -0.25) is 0 Å². The number of furan rings is 1. The molecule has 78 valence electrons. The predicted octanol–water partition coefficient (Wildman–Crippen LogP) is 1.87. The summed E-state index contributed by atoms with van der Waals surface area (Å²) in [6.07, 6.45) is 2.29. The maximum absolute atomic E-state index is 10.5. The molecule has 0 spiro atoms. The first-order chi connectivity index (χ1) is 6.63. The minimum atomic E-state index is -0.955. The number of hydrogen-bond donors (Lipinski definition) is 2. The number of hydrogen-bond acceptors (Lipinski definition) is 3. The van der Waals surface area contributed by atoms with Crippen LogP contribution >= 0.6 is 0 Å². The van der Waals surface area contributed by atoms with Crippen LogP contribution in [0.1, 0.15) is 36.4 Å². The van der Waals surface area contributed by atoms with Crippen molar-refractivity contribution in [3.05, 3.63) is 23.7 Å². The maximum atomic E-state index is 10.5. The van der Waals surface area contributed by atoms with Gasteiger partial charge in [-0.2, -0.15) is 0 Å². The fourth-order valence-electron chi connectivity index (χ4n) is 1.00. The van der Waals surface area contributed by atoms with Crippen molar-refractivity contribution in [2.45, 2.75) is 32.9 Å². The van der Waals surface area contributed by atoms with Crippen molar-refractivity contribution in [3.63, 3.8) is 0 Å². The molecule has 0 fully saturated rings. The number of nitrogens with one attached hydrogen (secondary N) is 1. The Bertz CT molecular complexity index is 306. The van der Waals surface area contributed by atoms with Crippen LogP contribution in [0.4, 0.5) is 0 Å². The van der Waals surface area contributed by atoms with E-state index in [0.717, 1.165) is 6.42 Å². The molecular formula is C10H15NO3. The zero-order valence-corrected chi connectivity index (χ0v) is 8.41. The third-order valence-electron chi connectivity index (χ3n) is 2.14. The number of carboxylic acids is 1. The summed E-state index contributed by atoms with van der Waals surface area (Å²) >= 11 is 0. The molecule has 1 rings (SSSR count). The molecular weight excluding hydrogens is 182 g/mol. The van der Waals surface area contributed by atoms with Crippen molar-refractivity contribution in [2.24, 2.45) is 0 Å². The van der Waals surface area contributed by atoms with E-state index in [4.69, 9.17) is 9.52 Å². The van der Waals surface area contributed by atoms with Crippen molar-refractivity contribution in [1.29, 1.82) is 0 Å². The summed E-state index contributed by atoms with van der Waals surface area (Å²) < 4.78 is 5.08. The highest BCUT2D eigenvalue weighted by Crippen LogP contribution is 2.07. The van der Waals surface area contributed by atoms with Crippen LogP contribution in [0.15, 0.2) is 16.7 Å². The van der Waals surface area contributed by atoms with Crippen LogP contribution < -0.4 is 5.32 Å². The average molecular weight is 197 g/mol. The van der Waals surface area contributed by atoms with Gasteiger partial charge in [0.25, 0.3) is 0 Å². The predicted molar refractivity (Wildman–Crippen MR) is 52.3 cm³/mol. The van der Waals surface area contributed by atoms with E-state index in [-0.39, 0.29) is 5.56 Å². The smallest absolute Gasteiger partial charge is 0.338 e. The summed E-state index contributed by atoms with van der Waals surface area (Å²) in [5, 5.41) is 11.9. The fourth-order valence-corrected chi connectivity index (χ4v) is 1.00. The molecule has 0 saturated carbocycles. The summed E-state index contributed by atoms with van der Waals surface area (Å²) in [6, 6.07) is 1.95. The monoisotopic (exact) mass is 197 g/mol. The Labute approximate surface area is 82.9 Å². The van der Waals surface area contributed by atoms with Gasteiger partial charge < -0.3 is 14.8 Å². The van der Waals surface area contributed by atoms with Gasteiger partial charge in [-0.25, -0.2) is 4.79 Å². The lowest BCUT2D eigenvalue weighted by atomic mass is 10.2. The highest BCUT2D eigenvalue weighted by Gasteiger charge is 2.08. The molecule has 0 saturated heterocycles. The van der Waals surface area contributed by atoms with Gasteiger partial charge in [0.2, 0.25) is 0 Å². The Morgan fingerprint density at radius 3 is 2.93 bits per heavy atom. The second-order valence-electron chi connectivity index (χ2n) is 3.30. The van der Waals surface area contributed by atoms with Gasteiger partial charge in [-0.1, -0.05) is 6.92 Å². The highest BCUT2D eigenvalue weighted by molar-refractivity contribution is 5.87. The van der Waals surface area contributed by atoms with E-state index < -0.39 is 5.97 Å². The van der Waals surface area contributed by atoms with E-state index in [1.54, 1.807) is 0 Å². The molecule has 0 aromatic carbocycles. The Morgan fingerprint density at radius 1 is 1.71 bits per heavy atom. The molecule has 2 N–H and O–H groups in total. The molecule has 1 aromatic rings. The molecule has 1 unspecified atom stereocenters. The normalized spacial score (nSPS) is 12.7. The average Bonchev–Trinajstić information content (AvgIpc) is 2.62. The first kappa shape index (κ1) is 10.8. The molecule has 1 heterocycles. The third kappa shape index (κ3) is 2.88. The van der Waals surface area contributed by atoms with E-state index >= 15 is 0 Å². The van der Waals surface area contributed by atoms with E-state index in [2.05, 4.69) is 19.2 Å². The van der Waals surface area contributed by atoms with Gasteiger partial charge in [0.1, 0.15) is 12.0 Å². The Hall–Kier alpha value is -1.29. The molecule has 0 amide bonds. The maximum Gasteiger partial charge on any atom is 0.338 e. The molecule has 4 nitrogen and oxygen atoms in total. The Kier molecular flexibility index (Phi) is 3.71. The molecule has 0 bridgehead atoms. The number of aromatic carboxylic acids is 1. The summed E-state index contributed by atoms with van der Waals surface area (Å²) in [5.41, 5.74) is 0.200. The second-order valence-corrected chi connectivity index (χ2v) is 3.30. The van der Waals surface area contributed by atoms with E-state index in [1.165, 1.54) is 12.3 Å². The standard InChI is InChI=1S/C10H15NO3/c1-3-7(2)11-5-9-4-8(6-14-9)10(12)13/h4,6-7,11H,3,5H2,1-2H3,(H,12,13). The number of carbonyl (C=O) groups is 1. The summed E-state index contributed by atoms with van der Waals surface area (Å²) in [6.45, 7) is 4.73. The molecule has 1 aromatic heterocycles. The van der Waals surface area contributed by atoms with E-state index in [1.807, 2.05) is 0 Å². The Morgan fingerprint density at radius 2 is 2.43 bits per heavy atom. The summed E-state index contributed by atoms with van der Waals surface area (Å²) in [4.78, 5) is 10.5. The van der Waals surface area contributed by atoms with Gasteiger partial charge >= 0.3 is 5.97 Å². The molecule has 14 heavy (non-hydrogen) atoms. The second kappa shape index (κ2) is 4.81. The number of carboxylic acid groups (broad SMARTS) is 1. The van der Waals surface area contributed by atoms with E-state index in [9.17, 15) is 4.79 Å². The molecule has 0 aliphatic rings. The van der Waals surface area contributed by atoms with Gasteiger partial charge in [0.05, 0.1) is 12.1 Å². The minimum Gasteiger partial charge on any atom is -0.478 e. The van der Waals surface area contributed by atoms with Gasteiger partial charge in [-0.15, -0.1) is 0 Å². The minimum absolute atomic E-state index is 0.200. The van der Waals surface area contributed by atoms with Crippen LogP contribution in [0, 0.1) is 0 Å². The van der Waals surface area contributed by atoms with Crippen LogP contribution in [0.3, 0.4) is 0 Å². The lowest BCUT2D eigenvalue weighted by Gasteiger charge is -2.08. The van der Waals surface area contributed by atoms with Gasteiger partial charge in [-0.05, 0) is 19.4 Å². The summed E-state index contributed by atoms with van der Waals surface area (Å²) in [5.74, 6) is -0.300. The zero-order valence-electron chi connectivity index (χ0n) is 8.41. The summed E-state index contributed by atoms with van der Waals surface area (Å²) in [7, 11) is 0. The van der Waals surface area contributed by atoms with E-state index in [0.29, 0.717) is 18.3 Å². The molecule has 0 radical (unpaired) electrons. The SMILES string of the molecule is CCC(C)NCc1cc(C(=O)O)co1. The topological polar surface area (TPSA) is 62.5 Å². The van der Waals surface area contributed by atoms with Crippen LogP contribution in [0.25, 0.3) is 0 Å². The largest absolute Gasteiger partial charge is 0.478 e. The lowest BCUT2D eigenvalue weighted by Crippen LogP contribution is -2.24. The van der Waals surface area contributed by atoms with Crippen molar-refractivity contribution < 1.29 is 14.3 Å². The number of rotatable bonds is 5. The third-order valence-corrected chi connectivity index (χ3v) is 2.14. The van der Waals surface area contributed by atoms with Crippen molar-refractivity contribution >= 4 is 5.97 Å². The first-order valence-corrected chi connectivity index (χ1v) is 4.67. The first-order valence-electron chi connectivity index (χ1n) is 4.67. The van der Waals surface area contributed by atoms with Gasteiger partial charge in [0, 0.05) is 6.04 Å². The fraction of sp³-hybridized carbons (Fsp3) is 0.500. The Balaban J connectivity index is 2.48. The van der Waals surface area contributed by atoms with Crippen molar-refractivity contribution in [2.75, 3.05) is 0 Å². The van der Waals surface area contributed by atoms with Crippen LogP contribution in [0.2, 0.25) is 0 Å². The molecule has 0 aliphatic carbocycles. The molecule has 0 aliphatic heterocycles. The lowest BCUT2D eigenvalue weighted by molar-refractivity contribution is 0.0696. The molecule has 1 atom stereocenters. The van der Waals surface area contributed by atoms with Crippen molar-refractivity contribution in [3.8, 4) is 0 Å². The van der Waals surface area contributed by atoms with Crippen LogP contribution in [-0.4, -0.2) is 17.1 Å². The van der Waals surface area contributed by atoms with Crippen LogP contribution in [-0.2, 0) is 6.54 Å². The van der Waals surface area contributed by atoms with Crippen molar-refractivity contribution in [1.82, 2.24) is 5.32 Å². The molecule has 4 heteroatoms. The van der Waals surface area contributed by atoms with Gasteiger partial charge in [0.15, 0.2) is 0 Å². The quantitative estimate of drug-likeness (QED) is 0.756. The highest BCUT2D eigenvalue weighted by atomic mass is 16.4. The zero-order chi connectivity index (χ0) is 10.6.